The Morgan fingerprint density at radius 2 is 2.00 bits per heavy atom. The van der Waals surface area contributed by atoms with Crippen molar-refractivity contribution in [3.63, 3.8) is 0 Å². The van der Waals surface area contributed by atoms with E-state index in [0.717, 1.165) is 5.56 Å². The van der Waals surface area contributed by atoms with E-state index < -0.39 is 41.4 Å². The number of hydrogen-bond donors (Lipinski definition) is 1. The first-order valence-corrected chi connectivity index (χ1v) is 8.40. The fourth-order valence-electron chi connectivity index (χ4n) is 2.68. The maximum atomic E-state index is 14.2. The van der Waals surface area contributed by atoms with Crippen molar-refractivity contribution in [2.75, 3.05) is 6.61 Å². The number of ether oxygens (including phenoxy) is 1. The van der Waals surface area contributed by atoms with Crippen LogP contribution in [0.5, 0.6) is 0 Å². The minimum atomic E-state index is -3.15. The summed E-state index contributed by atoms with van der Waals surface area (Å²) in [5.41, 5.74) is 0.808. The van der Waals surface area contributed by atoms with E-state index in [9.17, 15) is 21.6 Å². The maximum Gasteiger partial charge on any atom is 0.345 e. The molecule has 0 N–H and O–H groups in total. The quantitative estimate of drug-likeness (QED) is 0.799. The molecule has 0 saturated carbocycles. The standard InChI is InChI=1S/C14H14F3N3O3S/c15-9-6-10(8-4-2-1-3-5-8)20-13(9)18-12(19-20)11(24(21)22)7-23-14(16)17/h1-5,9-11,14,24H,6-7H2/t9-,10-,11?/m0/s1. The summed E-state index contributed by atoms with van der Waals surface area (Å²) >= 11 is 0. The van der Waals surface area contributed by atoms with E-state index in [1.54, 1.807) is 24.3 Å². The zero-order valence-corrected chi connectivity index (χ0v) is 13.2. The summed E-state index contributed by atoms with van der Waals surface area (Å²) < 4.78 is 66.5. The van der Waals surface area contributed by atoms with E-state index in [0.29, 0.717) is 0 Å². The predicted molar refractivity (Wildman–Crippen MR) is 78.1 cm³/mol. The lowest BCUT2D eigenvalue weighted by Gasteiger charge is -2.12. The van der Waals surface area contributed by atoms with Gasteiger partial charge in [0.2, 0.25) is 0 Å². The lowest BCUT2D eigenvalue weighted by atomic mass is 10.0. The molecule has 0 radical (unpaired) electrons. The summed E-state index contributed by atoms with van der Waals surface area (Å²) in [7, 11) is -3.15. The molecule has 24 heavy (non-hydrogen) atoms. The molecule has 2 heterocycles. The first-order valence-electron chi connectivity index (χ1n) is 7.16. The highest BCUT2D eigenvalue weighted by molar-refractivity contribution is 7.72. The maximum absolute atomic E-state index is 14.2. The van der Waals surface area contributed by atoms with E-state index in [1.807, 2.05) is 6.07 Å². The van der Waals surface area contributed by atoms with Crippen molar-refractivity contribution in [1.82, 2.24) is 14.8 Å². The van der Waals surface area contributed by atoms with Crippen LogP contribution in [0.2, 0.25) is 0 Å². The van der Waals surface area contributed by atoms with Crippen molar-refractivity contribution in [2.24, 2.45) is 0 Å². The van der Waals surface area contributed by atoms with Gasteiger partial charge in [0.1, 0.15) is 5.25 Å². The van der Waals surface area contributed by atoms with E-state index in [4.69, 9.17) is 0 Å². The Balaban J connectivity index is 1.92. The van der Waals surface area contributed by atoms with Crippen LogP contribution in [0.15, 0.2) is 30.3 Å². The van der Waals surface area contributed by atoms with Crippen molar-refractivity contribution in [3.05, 3.63) is 47.5 Å². The SMILES string of the molecule is O=[SH](=O)C(COC(F)F)c1nc2n(n1)[C@H](c1ccccc1)C[C@@H]2F. The number of rotatable bonds is 6. The van der Waals surface area contributed by atoms with E-state index in [1.165, 1.54) is 4.68 Å². The number of thiol groups is 1. The molecule has 1 aliphatic heterocycles. The van der Waals surface area contributed by atoms with Crippen molar-refractivity contribution in [3.8, 4) is 0 Å². The van der Waals surface area contributed by atoms with E-state index in [2.05, 4.69) is 14.8 Å². The van der Waals surface area contributed by atoms with Crippen LogP contribution in [0, 0.1) is 0 Å². The van der Waals surface area contributed by atoms with E-state index >= 15 is 0 Å². The molecule has 2 aromatic rings. The Bertz CT molecular complexity index is 774. The molecule has 0 amide bonds. The van der Waals surface area contributed by atoms with Gasteiger partial charge in [0.05, 0.1) is 12.6 Å². The molecular formula is C14H14F3N3O3S. The third kappa shape index (κ3) is 3.29. The molecule has 1 aliphatic rings. The summed E-state index contributed by atoms with van der Waals surface area (Å²) in [6, 6.07) is 8.61. The van der Waals surface area contributed by atoms with Crippen molar-refractivity contribution >= 4 is 10.7 Å². The van der Waals surface area contributed by atoms with Crippen LogP contribution in [0.25, 0.3) is 0 Å². The van der Waals surface area contributed by atoms with Gasteiger partial charge >= 0.3 is 6.61 Å². The highest BCUT2D eigenvalue weighted by Gasteiger charge is 2.37. The summed E-state index contributed by atoms with van der Waals surface area (Å²) in [6.45, 7) is -3.89. The summed E-state index contributed by atoms with van der Waals surface area (Å²) in [4.78, 5) is 3.92. The van der Waals surface area contributed by atoms with Gasteiger partial charge in [-0.25, -0.2) is 22.5 Å². The first-order chi connectivity index (χ1) is 11.5. The average molecular weight is 361 g/mol. The van der Waals surface area contributed by atoms with Crippen LogP contribution >= 0.6 is 0 Å². The Hall–Kier alpha value is -1.94. The van der Waals surface area contributed by atoms with Gasteiger partial charge in [-0.1, -0.05) is 30.3 Å². The smallest absolute Gasteiger partial charge is 0.321 e. The van der Waals surface area contributed by atoms with Crippen LogP contribution in [0.3, 0.4) is 0 Å². The second kappa shape index (κ2) is 6.89. The zero-order valence-electron chi connectivity index (χ0n) is 12.3. The van der Waals surface area contributed by atoms with Crippen molar-refractivity contribution in [1.29, 1.82) is 0 Å². The molecule has 0 bridgehead atoms. The molecule has 1 unspecified atom stereocenters. The van der Waals surface area contributed by atoms with Crippen LogP contribution in [0.1, 0.15) is 41.1 Å². The van der Waals surface area contributed by atoms with Gasteiger partial charge in [0, 0.05) is 6.42 Å². The average Bonchev–Trinajstić information content (AvgIpc) is 3.09. The molecule has 3 atom stereocenters. The number of nitrogens with zero attached hydrogens (tertiary/aromatic N) is 3. The van der Waals surface area contributed by atoms with Crippen LogP contribution in [-0.4, -0.2) is 36.4 Å². The number of hydrogen-bond acceptors (Lipinski definition) is 5. The lowest BCUT2D eigenvalue weighted by Crippen LogP contribution is -2.15. The Morgan fingerprint density at radius 3 is 2.62 bits per heavy atom. The number of halogens is 3. The molecule has 10 heteroatoms. The second-order valence-electron chi connectivity index (χ2n) is 5.30. The predicted octanol–water partition coefficient (Wildman–Crippen LogP) is 2.17. The van der Waals surface area contributed by atoms with Crippen molar-refractivity contribution in [2.45, 2.75) is 30.5 Å². The van der Waals surface area contributed by atoms with Crippen LogP contribution < -0.4 is 0 Å². The third-order valence-corrected chi connectivity index (χ3v) is 4.69. The third-order valence-electron chi connectivity index (χ3n) is 3.80. The fraction of sp³-hybridized carbons (Fsp3) is 0.429. The molecule has 6 nitrogen and oxygen atoms in total. The minimum Gasteiger partial charge on any atom is -0.321 e. The molecule has 0 saturated heterocycles. The molecule has 0 spiro atoms. The Labute approximate surface area is 137 Å². The minimum absolute atomic E-state index is 0.00208. The van der Waals surface area contributed by atoms with Gasteiger partial charge in [-0.3, -0.25) is 0 Å². The second-order valence-corrected chi connectivity index (χ2v) is 6.49. The molecule has 130 valence electrons. The van der Waals surface area contributed by atoms with E-state index in [-0.39, 0.29) is 18.1 Å². The molecule has 0 fully saturated rings. The van der Waals surface area contributed by atoms with Gasteiger partial charge in [0.15, 0.2) is 28.5 Å². The highest BCUT2D eigenvalue weighted by atomic mass is 32.2. The summed E-state index contributed by atoms with van der Waals surface area (Å²) in [6.07, 6.45) is -1.26. The molecule has 3 rings (SSSR count). The van der Waals surface area contributed by atoms with Gasteiger partial charge < -0.3 is 4.74 Å². The summed E-state index contributed by atoms with van der Waals surface area (Å²) in [5.74, 6) is -0.234. The Kier molecular flexibility index (Phi) is 4.86. The molecule has 0 aliphatic carbocycles. The van der Waals surface area contributed by atoms with Crippen molar-refractivity contribution < 1.29 is 26.3 Å². The van der Waals surface area contributed by atoms with Crippen LogP contribution in [0.4, 0.5) is 13.2 Å². The molecule has 1 aromatic heterocycles. The first kappa shape index (κ1) is 16.9. The Morgan fingerprint density at radius 1 is 1.29 bits per heavy atom. The van der Waals surface area contributed by atoms with Gasteiger partial charge in [-0.15, -0.1) is 0 Å². The van der Waals surface area contributed by atoms with Crippen LogP contribution in [-0.2, 0) is 15.4 Å². The largest absolute Gasteiger partial charge is 0.345 e. The number of benzene rings is 1. The zero-order chi connectivity index (χ0) is 17.3. The van der Waals surface area contributed by atoms with Gasteiger partial charge in [0.25, 0.3) is 0 Å². The molecular weight excluding hydrogens is 347 g/mol. The normalized spacial score (nSPS) is 21.4. The van der Waals surface area contributed by atoms with Gasteiger partial charge in [-0.2, -0.15) is 13.9 Å². The monoisotopic (exact) mass is 361 g/mol. The molecule has 1 aromatic carbocycles. The number of alkyl halides is 3. The summed E-state index contributed by atoms with van der Waals surface area (Å²) in [5, 5.41) is 2.61. The lowest BCUT2D eigenvalue weighted by molar-refractivity contribution is -0.128. The number of fused-ring (bicyclic) bond motifs is 1. The number of aromatic nitrogens is 3. The topological polar surface area (TPSA) is 74.1 Å². The van der Waals surface area contributed by atoms with Gasteiger partial charge in [-0.05, 0) is 5.56 Å². The highest BCUT2D eigenvalue weighted by Crippen LogP contribution is 2.39. The fourth-order valence-corrected chi connectivity index (χ4v) is 3.19.